The van der Waals surface area contributed by atoms with Crippen molar-refractivity contribution in [2.45, 2.75) is 18.0 Å². The van der Waals surface area contributed by atoms with E-state index in [1.165, 1.54) is 57.3 Å². The highest BCUT2D eigenvalue weighted by Crippen LogP contribution is 2.48. The highest BCUT2D eigenvalue weighted by atomic mass is 127. The predicted octanol–water partition coefficient (Wildman–Crippen LogP) is 4.63. The zero-order chi connectivity index (χ0) is 19.1. The Morgan fingerprint density at radius 2 is 1.33 bits per heavy atom. The summed E-state index contributed by atoms with van der Waals surface area (Å²) in [6, 6.07) is 2.51. The van der Waals surface area contributed by atoms with Gasteiger partial charge in [-0.3, -0.25) is 4.55 Å². The van der Waals surface area contributed by atoms with Gasteiger partial charge in [0.25, 0.3) is 10.1 Å². The molecule has 0 aliphatic heterocycles. The Hall–Kier alpha value is 0.700. The van der Waals surface area contributed by atoms with E-state index in [0.29, 0.717) is 3.57 Å². The summed E-state index contributed by atoms with van der Waals surface area (Å²) in [6.45, 7) is 0. The van der Waals surface area contributed by atoms with Gasteiger partial charge in [0, 0.05) is 3.57 Å². The molecule has 0 aliphatic carbocycles. The third-order valence-electron chi connectivity index (χ3n) is 2.54. The minimum Gasteiger partial charge on any atom is -0.465 e. The number of benzene rings is 1. The fourth-order valence-corrected chi connectivity index (χ4v) is 6.23. The maximum atomic E-state index is 13.2. The van der Waals surface area contributed by atoms with Crippen molar-refractivity contribution in [2.75, 3.05) is 5.75 Å². The quantitative estimate of drug-likeness (QED) is 0.281. The molecule has 0 unspecified atom stereocenters. The van der Waals surface area contributed by atoms with Crippen LogP contribution >= 0.6 is 67.8 Å². The molecule has 14 heteroatoms. The van der Waals surface area contributed by atoms with Crippen molar-refractivity contribution < 1.29 is 44.0 Å². The second-order valence-corrected chi connectivity index (χ2v) is 9.37. The first-order chi connectivity index (χ1) is 10.5. The molecule has 0 aliphatic rings. The third-order valence-corrected chi connectivity index (χ3v) is 5.54. The van der Waals surface area contributed by atoms with E-state index in [0.717, 1.165) is 0 Å². The highest BCUT2D eigenvalue weighted by Gasteiger charge is 2.75. The largest absolute Gasteiger partial charge is 0.465 e. The monoisotopic (exact) mass is 716 g/mol. The van der Waals surface area contributed by atoms with Crippen molar-refractivity contribution in [2.24, 2.45) is 0 Å². The second-order valence-electron chi connectivity index (χ2n) is 4.35. The Morgan fingerprint density at radius 1 is 0.958 bits per heavy atom. The summed E-state index contributed by atoms with van der Waals surface area (Å²) < 4.78 is 114. The second kappa shape index (κ2) is 7.37. The average Bonchev–Trinajstić information content (AvgIpc) is 2.27. The standard InChI is InChI=1S/C10H5F6I3O4S/c11-9(12,13)8(10(14,15)16,3-24(20,21)22)23-7-5(18)1-4(17)2-6(7)19/h1-2H,3H2,(H,20,21,22). The van der Waals surface area contributed by atoms with E-state index in [-0.39, 0.29) is 7.14 Å². The number of hydrogen-bond donors (Lipinski definition) is 1. The molecule has 0 heterocycles. The average molecular weight is 716 g/mol. The number of alkyl halides is 6. The van der Waals surface area contributed by atoms with Gasteiger partial charge in [0.15, 0.2) is 0 Å². The van der Waals surface area contributed by atoms with Crippen molar-refractivity contribution in [1.29, 1.82) is 0 Å². The van der Waals surface area contributed by atoms with Crippen LogP contribution in [-0.2, 0) is 10.1 Å². The lowest BCUT2D eigenvalue weighted by molar-refractivity contribution is -0.349. The van der Waals surface area contributed by atoms with Crippen LogP contribution in [-0.4, -0.2) is 36.7 Å². The Balaban J connectivity index is 3.67. The normalized spacial score (nSPS) is 13.9. The molecule has 0 radical (unpaired) electrons. The summed E-state index contributed by atoms with van der Waals surface area (Å²) in [5, 5.41) is 0. The lowest BCUT2D eigenvalue weighted by Gasteiger charge is -2.36. The molecular weight excluding hydrogens is 711 g/mol. The number of ether oxygens (including phenoxy) is 1. The molecule has 0 spiro atoms. The fourth-order valence-electron chi connectivity index (χ4n) is 1.53. The van der Waals surface area contributed by atoms with Crippen molar-refractivity contribution in [3.8, 4) is 5.75 Å². The first-order valence-corrected chi connectivity index (χ1v) is 10.3. The molecule has 0 amide bonds. The molecule has 1 aromatic carbocycles. The van der Waals surface area contributed by atoms with Crippen LogP contribution in [0, 0.1) is 10.7 Å². The van der Waals surface area contributed by atoms with Gasteiger partial charge in [-0.15, -0.1) is 0 Å². The molecule has 4 nitrogen and oxygen atoms in total. The van der Waals surface area contributed by atoms with Crippen molar-refractivity contribution in [3.05, 3.63) is 22.8 Å². The lowest BCUT2D eigenvalue weighted by atomic mass is 10.1. The van der Waals surface area contributed by atoms with E-state index < -0.39 is 39.6 Å². The molecule has 0 fully saturated rings. The first kappa shape index (κ1) is 22.7. The maximum absolute atomic E-state index is 13.2. The van der Waals surface area contributed by atoms with Gasteiger partial charge in [-0.1, -0.05) is 0 Å². The van der Waals surface area contributed by atoms with E-state index in [9.17, 15) is 34.8 Å². The molecule has 1 rings (SSSR count). The van der Waals surface area contributed by atoms with E-state index in [4.69, 9.17) is 4.55 Å². The summed E-state index contributed by atoms with van der Waals surface area (Å²) in [5.74, 6) is -3.50. The maximum Gasteiger partial charge on any atom is 0.438 e. The van der Waals surface area contributed by atoms with Crippen molar-refractivity contribution in [1.82, 2.24) is 0 Å². The zero-order valence-corrected chi connectivity index (χ0v) is 18.1. The summed E-state index contributed by atoms with van der Waals surface area (Å²) in [6.07, 6.45) is -12.3. The Kier molecular flexibility index (Phi) is 6.99. The Bertz CT molecular complexity index is 694. The molecule has 138 valence electrons. The molecule has 1 aromatic rings. The number of rotatable bonds is 4. The van der Waals surface area contributed by atoms with Crippen LogP contribution in [0.25, 0.3) is 0 Å². The Labute approximate surface area is 172 Å². The van der Waals surface area contributed by atoms with Gasteiger partial charge in [0.2, 0.25) is 0 Å². The van der Waals surface area contributed by atoms with E-state index in [1.807, 2.05) is 0 Å². The van der Waals surface area contributed by atoms with Crippen LogP contribution in [0.2, 0.25) is 0 Å². The van der Waals surface area contributed by atoms with Crippen LogP contribution in [0.4, 0.5) is 26.3 Å². The van der Waals surface area contributed by atoms with Crippen molar-refractivity contribution >= 4 is 77.9 Å². The Morgan fingerprint density at radius 3 is 1.62 bits per heavy atom. The summed E-state index contributed by atoms with van der Waals surface area (Å²) in [7, 11) is -5.67. The van der Waals surface area contributed by atoms with Gasteiger partial charge < -0.3 is 4.74 Å². The molecule has 0 aromatic heterocycles. The minimum absolute atomic E-state index is 0.0860. The molecule has 1 N–H and O–H groups in total. The molecule has 24 heavy (non-hydrogen) atoms. The molecule has 0 saturated heterocycles. The SMILES string of the molecule is O=S(=O)(O)CC(Oc1c(I)cc(I)cc1I)(C(F)(F)F)C(F)(F)F. The van der Waals surface area contributed by atoms with Crippen LogP contribution in [0.3, 0.4) is 0 Å². The van der Waals surface area contributed by atoms with Crippen molar-refractivity contribution in [3.63, 3.8) is 0 Å². The third kappa shape index (κ3) is 5.12. The molecule has 0 bridgehead atoms. The summed E-state index contributed by atoms with van der Waals surface area (Å²) >= 11 is 4.72. The molecular formula is C10H5F6I3O4S. The zero-order valence-electron chi connectivity index (χ0n) is 10.8. The summed E-state index contributed by atoms with van der Waals surface area (Å²) in [5.41, 5.74) is -5.11. The topological polar surface area (TPSA) is 63.6 Å². The molecule has 0 saturated carbocycles. The smallest absolute Gasteiger partial charge is 0.438 e. The summed E-state index contributed by atoms with van der Waals surface area (Å²) in [4.78, 5) is 0. The fraction of sp³-hybridized carbons (Fsp3) is 0.400. The molecule has 0 atom stereocenters. The first-order valence-electron chi connectivity index (χ1n) is 5.42. The van der Waals surface area contributed by atoms with Crippen LogP contribution < -0.4 is 4.74 Å². The van der Waals surface area contributed by atoms with Gasteiger partial charge in [-0.25, -0.2) is 0 Å². The van der Waals surface area contributed by atoms with Gasteiger partial charge >= 0.3 is 18.0 Å². The highest BCUT2D eigenvalue weighted by molar-refractivity contribution is 14.1. The minimum atomic E-state index is -6.16. The van der Waals surface area contributed by atoms with E-state index in [1.54, 1.807) is 22.6 Å². The lowest BCUT2D eigenvalue weighted by Crippen LogP contribution is -2.65. The van der Waals surface area contributed by atoms with Gasteiger partial charge in [0.1, 0.15) is 11.5 Å². The van der Waals surface area contributed by atoms with Gasteiger partial charge in [-0.05, 0) is 79.9 Å². The van der Waals surface area contributed by atoms with Gasteiger partial charge in [0.05, 0.1) is 7.14 Å². The number of hydrogen-bond acceptors (Lipinski definition) is 3. The van der Waals surface area contributed by atoms with Crippen LogP contribution in [0.15, 0.2) is 12.1 Å². The predicted molar refractivity (Wildman–Crippen MR) is 96.5 cm³/mol. The van der Waals surface area contributed by atoms with Crippen LogP contribution in [0.5, 0.6) is 5.75 Å². The van der Waals surface area contributed by atoms with Crippen LogP contribution in [0.1, 0.15) is 0 Å². The van der Waals surface area contributed by atoms with Gasteiger partial charge in [-0.2, -0.15) is 34.8 Å². The van der Waals surface area contributed by atoms with E-state index >= 15 is 0 Å². The number of halogens is 9. The van der Waals surface area contributed by atoms with E-state index in [2.05, 4.69) is 4.74 Å².